The van der Waals surface area contributed by atoms with E-state index in [-0.39, 0.29) is 11.4 Å². The number of terminal acetylenes is 1. The Kier molecular flexibility index (Phi) is 4.46. The summed E-state index contributed by atoms with van der Waals surface area (Å²) in [4.78, 5) is 9.94. The molecule has 5 heteroatoms. The van der Waals surface area contributed by atoms with E-state index >= 15 is 0 Å². The van der Waals surface area contributed by atoms with E-state index in [1.165, 1.54) is 13.0 Å². The van der Waals surface area contributed by atoms with Crippen LogP contribution in [0.5, 0.6) is 5.75 Å². The van der Waals surface area contributed by atoms with Crippen LogP contribution in [-0.4, -0.2) is 11.5 Å². The van der Waals surface area contributed by atoms with Crippen molar-refractivity contribution < 1.29 is 14.1 Å². The molecule has 0 aromatic heterocycles. The molecule has 0 saturated carbocycles. The number of hydrogen-bond donors (Lipinski definition) is 0. The second kappa shape index (κ2) is 5.85. The Hall–Kier alpha value is -2.09. The molecule has 0 aliphatic heterocycles. The standard InChI is InChI=1S/C12H12FNO3/c1-3-4-5-6-17-12-7-9(2)11(14(15)16)8-10(12)13/h1,7-8H,4-6H2,2H3. The van der Waals surface area contributed by atoms with E-state index in [1.807, 2.05) is 0 Å². The molecule has 4 nitrogen and oxygen atoms in total. The number of halogens is 1. The summed E-state index contributed by atoms with van der Waals surface area (Å²) >= 11 is 0. The molecule has 1 rings (SSSR count). The number of rotatable bonds is 5. The molecule has 0 atom stereocenters. The van der Waals surface area contributed by atoms with Crippen molar-refractivity contribution in [1.82, 2.24) is 0 Å². The van der Waals surface area contributed by atoms with Crippen molar-refractivity contribution in [3.8, 4) is 18.1 Å². The first-order chi connectivity index (χ1) is 8.06. The first-order valence-electron chi connectivity index (χ1n) is 5.07. The molecule has 0 aliphatic rings. The molecule has 0 bridgehead atoms. The van der Waals surface area contributed by atoms with Crippen molar-refractivity contribution >= 4 is 5.69 Å². The lowest BCUT2D eigenvalue weighted by atomic mass is 10.2. The van der Waals surface area contributed by atoms with Gasteiger partial charge in [-0.3, -0.25) is 10.1 Å². The summed E-state index contributed by atoms with van der Waals surface area (Å²) in [5.74, 6) is 1.73. The van der Waals surface area contributed by atoms with Gasteiger partial charge in [0.2, 0.25) is 0 Å². The second-order valence-corrected chi connectivity index (χ2v) is 3.48. The lowest BCUT2D eigenvalue weighted by molar-refractivity contribution is -0.385. The molecule has 0 N–H and O–H groups in total. The van der Waals surface area contributed by atoms with E-state index in [1.54, 1.807) is 0 Å². The quantitative estimate of drug-likeness (QED) is 0.342. The van der Waals surface area contributed by atoms with Gasteiger partial charge >= 0.3 is 0 Å². The zero-order valence-electron chi connectivity index (χ0n) is 9.40. The molecule has 0 unspecified atom stereocenters. The van der Waals surface area contributed by atoms with Crippen LogP contribution in [0.25, 0.3) is 0 Å². The summed E-state index contributed by atoms with van der Waals surface area (Å²) < 4.78 is 18.6. The second-order valence-electron chi connectivity index (χ2n) is 3.48. The fraction of sp³-hybridized carbons (Fsp3) is 0.333. The van der Waals surface area contributed by atoms with Crippen molar-refractivity contribution in [3.05, 3.63) is 33.6 Å². The molecule has 0 fully saturated rings. The Morgan fingerprint density at radius 1 is 1.59 bits per heavy atom. The fourth-order valence-corrected chi connectivity index (χ4v) is 1.31. The maximum atomic E-state index is 13.4. The molecule has 1 aromatic rings. The number of unbranched alkanes of at least 4 members (excludes halogenated alkanes) is 1. The van der Waals surface area contributed by atoms with Gasteiger partial charge < -0.3 is 4.74 Å². The predicted octanol–water partition coefficient (Wildman–Crippen LogP) is 2.83. The molecule has 0 radical (unpaired) electrons. The lowest BCUT2D eigenvalue weighted by Gasteiger charge is -2.07. The van der Waals surface area contributed by atoms with Crippen LogP contribution >= 0.6 is 0 Å². The third-order valence-electron chi connectivity index (χ3n) is 2.17. The number of hydrogen-bond acceptors (Lipinski definition) is 3. The molecule has 0 spiro atoms. The number of benzene rings is 1. The van der Waals surface area contributed by atoms with Gasteiger partial charge in [-0.2, -0.15) is 0 Å². The normalized spacial score (nSPS) is 9.71. The predicted molar refractivity (Wildman–Crippen MR) is 61.4 cm³/mol. The first kappa shape index (κ1) is 13.0. The summed E-state index contributed by atoms with van der Waals surface area (Å²) in [6, 6.07) is 2.19. The Morgan fingerprint density at radius 2 is 2.29 bits per heavy atom. The van der Waals surface area contributed by atoms with Gasteiger partial charge in [0.1, 0.15) is 0 Å². The Balaban J connectivity index is 2.78. The Labute approximate surface area is 98.6 Å². The molecule has 17 heavy (non-hydrogen) atoms. The van der Waals surface area contributed by atoms with E-state index in [0.717, 1.165) is 6.07 Å². The van der Waals surface area contributed by atoms with Crippen molar-refractivity contribution in [2.45, 2.75) is 19.8 Å². The van der Waals surface area contributed by atoms with Gasteiger partial charge in [-0.15, -0.1) is 12.3 Å². The van der Waals surface area contributed by atoms with E-state index in [2.05, 4.69) is 5.92 Å². The summed E-state index contributed by atoms with van der Waals surface area (Å²) in [7, 11) is 0. The van der Waals surface area contributed by atoms with Crippen molar-refractivity contribution in [2.24, 2.45) is 0 Å². The SMILES string of the molecule is C#CCCCOc1cc(C)c([N+](=O)[O-])cc1F. The molecule has 0 amide bonds. The van der Waals surface area contributed by atoms with Crippen LogP contribution < -0.4 is 4.74 Å². The summed E-state index contributed by atoms with van der Waals surface area (Å²) in [6.45, 7) is 1.82. The highest BCUT2D eigenvalue weighted by molar-refractivity contribution is 5.45. The largest absolute Gasteiger partial charge is 0.490 e. The number of aryl methyl sites for hydroxylation is 1. The van der Waals surface area contributed by atoms with Crippen LogP contribution in [0.1, 0.15) is 18.4 Å². The average Bonchev–Trinajstić information content (AvgIpc) is 2.28. The lowest BCUT2D eigenvalue weighted by Crippen LogP contribution is -2.01. The molecule has 0 aliphatic carbocycles. The number of nitrogens with zero attached hydrogens (tertiary/aromatic N) is 1. The highest BCUT2D eigenvalue weighted by Gasteiger charge is 2.15. The van der Waals surface area contributed by atoms with Crippen molar-refractivity contribution in [1.29, 1.82) is 0 Å². The highest BCUT2D eigenvalue weighted by Crippen LogP contribution is 2.27. The van der Waals surface area contributed by atoms with Gasteiger partial charge in [0.25, 0.3) is 5.69 Å². The Bertz CT molecular complexity index is 466. The van der Waals surface area contributed by atoms with Gasteiger partial charge in [-0.25, -0.2) is 4.39 Å². The summed E-state index contributed by atoms with van der Waals surface area (Å²) in [5, 5.41) is 10.6. The summed E-state index contributed by atoms with van der Waals surface area (Å²) in [6.07, 6.45) is 6.23. The third-order valence-corrected chi connectivity index (χ3v) is 2.17. The fourth-order valence-electron chi connectivity index (χ4n) is 1.31. The zero-order chi connectivity index (χ0) is 12.8. The van der Waals surface area contributed by atoms with Crippen LogP contribution in [-0.2, 0) is 0 Å². The molecular formula is C12H12FNO3. The number of ether oxygens (including phenoxy) is 1. The van der Waals surface area contributed by atoms with Gasteiger partial charge in [-0.1, -0.05) is 0 Å². The number of nitro benzene ring substituents is 1. The van der Waals surface area contributed by atoms with Crippen molar-refractivity contribution in [3.63, 3.8) is 0 Å². The third kappa shape index (κ3) is 3.45. The monoisotopic (exact) mass is 237 g/mol. The molecular weight excluding hydrogens is 225 g/mol. The van der Waals surface area contributed by atoms with Crippen LogP contribution in [0.15, 0.2) is 12.1 Å². The van der Waals surface area contributed by atoms with E-state index in [0.29, 0.717) is 25.0 Å². The van der Waals surface area contributed by atoms with Gasteiger partial charge in [0, 0.05) is 12.0 Å². The topological polar surface area (TPSA) is 52.4 Å². The first-order valence-corrected chi connectivity index (χ1v) is 5.07. The van der Waals surface area contributed by atoms with Crippen LogP contribution in [0.2, 0.25) is 0 Å². The van der Waals surface area contributed by atoms with Crippen LogP contribution in [0.3, 0.4) is 0 Å². The van der Waals surface area contributed by atoms with Gasteiger partial charge in [0.05, 0.1) is 17.6 Å². The minimum absolute atomic E-state index is 0.0186. The van der Waals surface area contributed by atoms with E-state index < -0.39 is 10.7 Å². The zero-order valence-corrected chi connectivity index (χ0v) is 9.40. The summed E-state index contributed by atoms with van der Waals surface area (Å²) in [5.41, 5.74) is 0.113. The van der Waals surface area contributed by atoms with Crippen LogP contribution in [0, 0.1) is 35.2 Å². The number of nitro groups is 1. The van der Waals surface area contributed by atoms with Gasteiger partial charge in [0.15, 0.2) is 11.6 Å². The average molecular weight is 237 g/mol. The van der Waals surface area contributed by atoms with Crippen LogP contribution in [0.4, 0.5) is 10.1 Å². The molecule has 0 saturated heterocycles. The van der Waals surface area contributed by atoms with E-state index in [9.17, 15) is 14.5 Å². The minimum atomic E-state index is -0.733. The maximum absolute atomic E-state index is 13.4. The van der Waals surface area contributed by atoms with Crippen molar-refractivity contribution in [2.75, 3.05) is 6.61 Å². The smallest absolute Gasteiger partial charge is 0.275 e. The van der Waals surface area contributed by atoms with E-state index in [4.69, 9.17) is 11.2 Å². The molecule has 0 heterocycles. The molecule has 1 aromatic carbocycles. The molecule has 90 valence electrons. The maximum Gasteiger partial charge on any atom is 0.275 e. The minimum Gasteiger partial charge on any atom is -0.490 e. The van der Waals surface area contributed by atoms with Gasteiger partial charge in [-0.05, 0) is 19.4 Å². The highest BCUT2D eigenvalue weighted by atomic mass is 19.1. The Morgan fingerprint density at radius 3 is 2.88 bits per heavy atom.